The Morgan fingerprint density at radius 3 is 2.68 bits per heavy atom. The van der Waals surface area contributed by atoms with Crippen LogP contribution >= 0.6 is 11.8 Å². The lowest BCUT2D eigenvalue weighted by atomic mass is 10.2. The molecule has 2 heterocycles. The molecule has 2 saturated heterocycles. The van der Waals surface area contributed by atoms with Crippen LogP contribution in [0.3, 0.4) is 0 Å². The Morgan fingerprint density at radius 2 is 2.05 bits per heavy atom. The van der Waals surface area contributed by atoms with E-state index in [1.165, 1.54) is 23.9 Å². The first-order valence-electron chi connectivity index (χ1n) is 6.93. The number of aliphatic imine (C=N–C) groups is 1. The number of amides is 1. The molecule has 0 aromatic heterocycles. The van der Waals surface area contributed by atoms with Crippen molar-refractivity contribution in [1.29, 1.82) is 0 Å². The number of amidine groups is 1. The SMILES string of the molecule is CCC(=O)N=C1S[C@H]2CS(=O)(=O)C[C@H]2N1c1ccc(F)cc1. The summed E-state index contributed by atoms with van der Waals surface area (Å²) < 4.78 is 36.8. The van der Waals surface area contributed by atoms with Crippen molar-refractivity contribution < 1.29 is 17.6 Å². The van der Waals surface area contributed by atoms with Gasteiger partial charge in [0, 0.05) is 17.4 Å². The zero-order valence-corrected chi connectivity index (χ0v) is 13.5. The molecular weight excluding hydrogens is 327 g/mol. The van der Waals surface area contributed by atoms with E-state index in [0.717, 1.165) is 0 Å². The van der Waals surface area contributed by atoms with Crippen LogP contribution in [0.15, 0.2) is 29.3 Å². The molecule has 2 atom stereocenters. The highest BCUT2D eigenvalue weighted by Gasteiger charge is 2.49. The third-order valence-corrected chi connectivity index (χ3v) is 6.90. The monoisotopic (exact) mass is 342 g/mol. The van der Waals surface area contributed by atoms with E-state index in [4.69, 9.17) is 0 Å². The van der Waals surface area contributed by atoms with Gasteiger partial charge < -0.3 is 4.90 Å². The number of fused-ring (bicyclic) bond motifs is 1. The largest absolute Gasteiger partial charge is 0.316 e. The van der Waals surface area contributed by atoms with E-state index in [1.54, 1.807) is 24.0 Å². The van der Waals surface area contributed by atoms with E-state index >= 15 is 0 Å². The van der Waals surface area contributed by atoms with Gasteiger partial charge in [-0.15, -0.1) is 0 Å². The maximum Gasteiger partial charge on any atom is 0.247 e. The Kier molecular flexibility index (Phi) is 3.98. The van der Waals surface area contributed by atoms with Crippen LogP contribution in [0.25, 0.3) is 0 Å². The lowest BCUT2D eigenvalue weighted by molar-refractivity contribution is -0.117. The van der Waals surface area contributed by atoms with Crippen LogP contribution in [0.4, 0.5) is 10.1 Å². The van der Waals surface area contributed by atoms with Crippen molar-refractivity contribution in [2.45, 2.75) is 24.6 Å². The average Bonchev–Trinajstić information content (AvgIpc) is 2.91. The molecule has 1 amide bonds. The van der Waals surface area contributed by atoms with Crippen LogP contribution in [0, 0.1) is 5.82 Å². The van der Waals surface area contributed by atoms with Gasteiger partial charge in [-0.1, -0.05) is 18.7 Å². The van der Waals surface area contributed by atoms with Gasteiger partial charge in [-0.3, -0.25) is 4.79 Å². The molecule has 2 aliphatic heterocycles. The number of halogens is 1. The maximum absolute atomic E-state index is 13.1. The van der Waals surface area contributed by atoms with E-state index in [0.29, 0.717) is 10.9 Å². The fraction of sp³-hybridized carbons (Fsp3) is 0.429. The minimum Gasteiger partial charge on any atom is -0.316 e. The molecule has 0 bridgehead atoms. The summed E-state index contributed by atoms with van der Waals surface area (Å²) in [5.41, 5.74) is 0.654. The van der Waals surface area contributed by atoms with Gasteiger partial charge in [-0.05, 0) is 24.3 Å². The Labute approximate surface area is 132 Å². The van der Waals surface area contributed by atoms with Gasteiger partial charge in [0.15, 0.2) is 15.0 Å². The molecule has 2 aliphatic rings. The van der Waals surface area contributed by atoms with Gasteiger partial charge in [-0.25, -0.2) is 12.8 Å². The van der Waals surface area contributed by atoms with E-state index in [1.807, 2.05) is 0 Å². The Morgan fingerprint density at radius 1 is 1.36 bits per heavy atom. The van der Waals surface area contributed by atoms with Crippen molar-refractivity contribution in [3.05, 3.63) is 30.1 Å². The maximum atomic E-state index is 13.1. The van der Waals surface area contributed by atoms with E-state index in [-0.39, 0.29) is 40.9 Å². The van der Waals surface area contributed by atoms with Crippen molar-refractivity contribution >= 4 is 38.4 Å². The topological polar surface area (TPSA) is 66.8 Å². The summed E-state index contributed by atoms with van der Waals surface area (Å²) in [4.78, 5) is 17.5. The van der Waals surface area contributed by atoms with Crippen LogP contribution in [0.1, 0.15) is 13.3 Å². The summed E-state index contributed by atoms with van der Waals surface area (Å²) in [5.74, 6) is -0.507. The number of hydrogen-bond donors (Lipinski definition) is 0. The molecule has 22 heavy (non-hydrogen) atoms. The van der Waals surface area contributed by atoms with Crippen molar-refractivity contribution in [2.24, 2.45) is 4.99 Å². The lowest BCUT2D eigenvalue weighted by Crippen LogP contribution is -2.37. The minimum absolute atomic E-state index is 0.0291. The quantitative estimate of drug-likeness (QED) is 0.820. The van der Waals surface area contributed by atoms with E-state index in [2.05, 4.69) is 4.99 Å². The second-order valence-electron chi connectivity index (χ2n) is 5.29. The summed E-state index contributed by atoms with van der Waals surface area (Å²) in [5, 5.41) is 0.363. The minimum atomic E-state index is -3.09. The van der Waals surface area contributed by atoms with Crippen LogP contribution in [0.2, 0.25) is 0 Å². The van der Waals surface area contributed by atoms with E-state index < -0.39 is 9.84 Å². The molecule has 0 radical (unpaired) electrons. The molecule has 0 N–H and O–H groups in total. The number of carbonyl (C=O) groups is 1. The summed E-state index contributed by atoms with van der Waals surface area (Å²) in [6.45, 7) is 1.72. The number of anilines is 1. The summed E-state index contributed by atoms with van der Waals surface area (Å²) in [7, 11) is -3.09. The van der Waals surface area contributed by atoms with Crippen molar-refractivity contribution in [2.75, 3.05) is 16.4 Å². The highest BCUT2D eigenvalue weighted by molar-refractivity contribution is 8.16. The zero-order valence-electron chi connectivity index (χ0n) is 11.9. The van der Waals surface area contributed by atoms with Gasteiger partial charge in [-0.2, -0.15) is 4.99 Å². The third-order valence-electron chi connectivity index (χ3n) is 3.69. The predicted octanol–water partition coefficient (Wildman–Crippen LogP) is 1.84. The highest BCUT2D eigenvalue weighted by atomic mass is 32.2. The first kappa shape index (κ1) is 15.5. The molecule has 5 nitrogen and oxygen atoms in total. The second kappa shape index (κ2) is 5.66. The average molecular weight is 342 g/mol. The smallest absolute Gasteiger partial charge is 0.247 e. The van der Waals surface area contributed by atoms with Gasteiger partial charge >= 0.3 is 0 Å². The van der Waals surface area contributed by atoms with Gasteiger partial charge in [0.1, 0.15) is 5.82 Å². The summed E-state index contributed by atoms with van der Waals surface area (Å²) in [6, 6.07) is 5.53. The van der Waals surface area contributed by atoms with Crippen LogP contribution in [0.5, 0.6) is 0 Å². The van der Waals surface area contributed by atoms with Crippen LogP contribution in [-0.4, -0.2) is 42.3 Å². The van der Waals surface area contributed by atoms with Crippen LogP contribution in [-0.2, 0) is 14.6 Å². The molecular formula is C14H15FN2O3S2. The van der Waals surface area contributed by atoms with Gasteiger partial charge in [0.25, 0.3) is 0 Å². The van der Waals surface area contributed by atoms with Crippen molar-refractivity contribution in [1.82, 2.24) is 0 Å². The first-order valence-corrected chi connectivity index (χ1v) is 9.63. The Balaban J connectivity index is 2.01. The fourth-order valence-electron chi connectivity index (χ4n) is 2.65. The molecule has 2 fully saturated rings. The number of thioether (sulfide) groups is 1. The second-order valence-corrected chi connectivity index (χ2v) is 8.65. The van der Waals surface area contributed by atoms with E-state index in [9.17, 15) is 17.6 Å². The number of carbonyl (C=O) groups excluding carboxylic acids is 1. The summed E-state index contributed by atoms with van der Waals surface area (Å²) in [6.07, 6.45) is 0.287. The third kappa shape index (κ3) is 2.89. The highest BCUT2D eigenvalue weighted by Crippen LogP contribution is 2.40. The first-order chi connectivity index (χ1) is 10.4. The van der Waals surface area contributed by atoms with Crippen molar-refractivity contribution in [3.63, 3.8) is 0 Å². The summed E-state index contributed by atoms with van der Waals surface area (Å²) >= 11 is 1.32. The van der Waals surface area contributed by atoms with Crippen molar-refractivity contribution in [3.8, 4) is 0 Å². The molecule has 8 heteroatoms. The fourth-order valence-corrected chi connectivity index (χ4v) is 6.59. The van der Waals surface area contributed by atoms with Gasteiger partial charge in [0.05, 0.1) is 17.5 Å². The number of sulfone groups is 1. The molecule has 0 spiro atoms. The molecule has 0 aliphatic carbocycles. The number of nitrogens with zero attached hydrogens (tertiary/aromatic N) is 2. The molecule has 0 saturated carbocycles. The molecule has 1 aromatic rings. The molecule has 3 rings (SSSR count). The number of rotatable bonds is 2. The standard InChI is InChI=1S/C14H15FN2O3S2/c1-2-13(18)16-14-17(10-5-3-9(15)4-6-10)11-7-22(19,20)8-12(11)21-14/h3-6,11-12H,2,7-8H2,1H3/t11-,12+/m1/s1. The molecule has 1 aromatic carbocycles. The Hall–Kier alpha value is -1.41. The zero-order chi connectivity index (χ0) is 15.9. The lowest BCUT2D eigenvalue weighted by Gasteiger charge is -2.24. The predicted molar refractivity (Wildman–Crippen MR) is 85.4 cm³/mol. The number of benzene rings is 1. The number of hydrogen-bond acceptors (Lipinski definition) is 4. The molecule has 118 valence electrons. The molecule has 0 unspecified atom stereocenters. The normalized spacial score (nSPS) is 28.1. The Bertz CT molecular complexity index is 731. The van der Waals surface area contributed by atoms with Gasteiger partial charge in [0.2, 0.25) is 5.91 Å². The van der Waals surface area contributed by atoms with Crippen LogP contribution < -0.4 is 4.90 Å².